The Hall–Kier alpha value is -6.17. The van der Waals surface area contributed by atoms with E-state index in [-0.39, 0.29) is 56.3 Å². The molecule has 312 valence electrons. The van der Waals surface area contributed by atoms with Gasteiger partial charge in [0.15, 0.2) is 6.29 Å². The van der Waals surface area contributed by atoms with Crippen molar-refractivity contribution in [2.75, 3.05) is 13.6 Å². The molecule has 1 unspecified atom stereocenters. The van der Waals surface area contributed by atoms with Gasteiger partial charge in [0, 0.05) is 24.1 Å². The van der Waals surface area contributed by atoms with E-state index in [1.54, 1.807) is 0 Å². The number of nitrogens with zero attached hydrogens (tertiary/aromatic N) is 2. The van der Waals surface area contributed by atoms with Gasteiger partial charge >= 0.3 is 6.09 Å². The molecule has 0 aliphatic carbocycles. The first kappa shape index (κ1) is 41.6. The average Bonchev–Trinajstić information content (AvgIpc) is 3.55. The van der Waals surface area contributed by atoms with Crippen molar-refractivity contribution >= 4 is 28.7 Å². The van der Waals surface area contributed by atoms with Crippen LogP contribution < -0.4 is 5.32 Å². The molecule has 6 aromatic rings. The number of nitrogens with one attached hydrogen (secondary N) is 1. The lowest BCUT2D eigenvalue weighted by Crippen LogP contribution is -2.44. The summed E-state index contributed by atoms with van der Waals surface area (Å²) >= 11 is 0. The smallest absolute Gasteiger partial charge is 0.408 e. The number of carbonyl (C=O) groups is 3. The van der Waals surface area contributed by atoms with Crippen molar-refractivity contribution in [1.82, 2.24) is 15.1 Å². The third-order valence-electron chi connectivity index (χ3n) is 12.0. The van der Waals surface area contributed by atoms with Crippen molar-refractivity contribution < 1.29 is 33.7 Å². The third kappa shape index (κ3) is 9.58. The van der Waals surface area contributed by atoms with Crippen LogP contribution in [0.1, 0.15) is 72.1 Å². The van der Waals surface area contributed by atoms with Crippen molar-refractivity contribution in [3.63, 3.8) is 0 Å². The number of alkyl carbamates (subject to hydrolysis) is 1. The number of aliphatic hydroxyl groups excluding tert-OH is 1. The van der Waals surface area contributed by atoms with Gasteiger partial charge in [-0.3, -0.25) is 19.4 Å². The van der Waals surface area contributed by atoms with Crippen LogP contribution in [-0.2, 0) is 43.6 Å². The summed E-state index contributed by atoms with van der Waals surface area (Å²) < 4.78 is 19.0. The molecule has 2 aliphatic rings. The molecule has 3 amide bonds. The van der Waals surface area contributed by atoms with Crippen LogP contribution in [0.3, 0.4) is 0 Å². The molecule has 2 heterocycles. The second-order valence-corrected chi connectivity index (χ2v) is 16.2. The number of carbonyl (C=O) groups excluding carboxylic acids is 3. The monoisotopic (exact) mass is 817 g/mol. The Balaban J connectivity index is 0.978. The molecule has 61 heavy (non-hydrogen) atoms. The fraction of sp³-hybridized carbons (Fsp3) is 0.275. The lowest BCUT2D eigenvalue weighted by atomic mass is 9.89. The van der Waals surface area contributed by atoms with Crippen LogP contribution in [-0.4, -0.2) is 58.6 Å². The van der Waals surface area contributed by atoms with E-state index in [0.29, 0.717) is 6.54 Å². The summed E-state index contributed by atoms with van der Waals surface area (Å²) in [5.41, 5.74) is 7.36. The summed E-state index contributed by atoms with van der Waals surface area (Å²) in [7, 11) is 2.14. The number of benzene rings is 6. The molecule has 6 aromatic carbocycles. The van der Waals surface area contributed by atoms with Gasteiger partial charge in [0.25, 0.3) is 5.91 Å². The molecule has 2 saturated heterocycles. The maximum absolute atomic E-state index is 13.3. The van der Waals surface area contributed by atoms with Gasteiger partial charge in [-0.05, 0) is 81.9 Å². The fourth-order valence-electron chi connectivity index (χ4n) is 8.26. The maximum atomic E-state index is 13.3. The Bertz CT molecular complexity index is 2490. The number of amides is 3. The minimum absolute atomic E-state index is 0.00749. The molecule has 0 bridgehead atoms. The minimum atomic E-state index is -0.990. The van der Waals surface area contributed by atoms with Crippen molar-refractivity contribution in [2.45, 2.75) is 70.6 Å². The first-order chi connectivity index (χ1) is 29.6. The molecule has 2 aliphatic heterocycles. The number of likely N-dealkylation sites (tertiary alicyclic amines) is 1. The van der Waals surface area contributed by atoms with Crippen molar-refractivity contribution in [3.05, 3.63) is 179 Å². The van der Waals surface area contributed by atoms with E-state index in [1.165, 1.54) is 21.2 Å². The lowest BCUT2D eigenvalue weighted by molar-refractivity contribution is -0.276. The van der Waals surface area contributed by atoms with Gasteiger partial charge in [-0.15, -0.1) is 0 Å². The average molecular weight is 818 g/mol. The Labute approximate surface area is 356 Å². The van der Waals surface area contributed by atoms with E-state index in [9.17, 15) is 19.5 Å². The maximum Gasteiger partial charge on any atom is 0.408 e. The Morgan fingerprint density at radius 3 is 2.26 bits per heavy atom. The largest absolute Gasteiger partial charge is 0.445 e. The second kappa shape index (κ2) is 18.6. The zero-order valence-electron chi connectivity index (χ0n) is 34.6. The summed E-state index contributed by atoms with van der Waals surface area (Å²) in [5.74, 6) is -0.825. The molecule has 10 heteroatoms. The van der Waals surface area contributed by atoms with E-state index in [2.05, 4.69) is 79.6 Å². The summed E-state index contributed by atoms with van der Waals surface area (Å²) in [5, 5.41) is 14.7. The second-order valence-electron chi connectivity index (χ2n) is 16.2. The Kier molecular flexibility index (Phi) is 12.7. The zero-order valence-corrected chi connectivity index (χ0v) is 34.6. The van der Waals surface area contributed by atoms with E-state index >= 15 is 0 Å². The predicted octanol–water partition coefficient (Wildman–Crippen LogP) is 9.04. The number of hydrogen-bond acceptors (Lipinski definition) is 8. The molecule has 2 N–H and O–H groups in total. The van der Waals surface area contributed by atoms with Crippen molar-refractivity contribution in [1.29, 1.82) is 0 Å². The quantitative estimate of drug-likeness (QED) is 0.111. The molecular formula is C51H51N3O7. The van der Waals surface area contributed by atoms with Crippen LogP contribution in [0.15, 0.2) is 146 Å². The molecule has 0 saturated carbocycles. The highest BCUT2D eigenvalue weighted by Gasteiger charge is 2.41. The van der Waals surface area contributed by atoms with Crippen LogP contribution in [0.2, 0.25) is 0 Å². The summed E-state index contributed by atoms with van der Waals surface area (Å²) in [6.07, 6.45) is -2.00. The van der Waals surface area contributed by atoms with E-state index in [0.717, 1.165) is 38.9 Å². The minimum Gasteiger partial charge on any atom is -0.445 e. The number of ether oxygens (including phenoxy) is 3. The van der Waals surface area contributed by atoms with Gasteiger partial charge in [0.1, 0.15) is 12.6 Å². The highest BCUT2D eigenvalue weighted by molar-refractivity contribution is 6.06. The van der Waals surface area contributed by atoms with E-state index < -0.39 is 24.3 Å². The molecule has 0 radical (unpaired) electrons. The van der Waals surface area contributed by atoms with Gasteiger partial charge in [0.2, 0.25) is 5.91 Å². The number of hydrogen-bond donors (Lipinski definition) is 2. The number of aliphatic hydroxyl groups is 1. The topological polar surface area (TPSA) is 118 Å². The van der Waals surface area contributed by atoms with Crippen LogP contribution in [0, 0.1) is 5.92 Å². The predicted molar refractivity (Wildman–Crippen MR) is 234 cm³/mol. The molecule has 6 atom stereocenters. The molecule has 0 spiro atoms. The Morgan fingerprint density at radius 2 is 1.49 bits per heavy atom. The van der Waals surface area contributed by atoms with Gasteiger partial charge in [0.05, 0.1) is 31.8 Å². The molecule has 2 fully saturated rings. The van der Waals surface area contributed by atoms with E-state index in [1.807, 2.05) is 97.1 Å². The Morgan fingerprint density at radius 1 is 0.787 bits per heavy atom. The zero-order chi connectivity index (χ0) is 42.5. The van der Waals surface area contributed by atoms with Gasteiger partial charge in [-0.2, -0.15) is 0 Å². The highest BCUT2D eigenvalue weighted by atomic mass is 16.7. The lowest BCUT2D eigenvalue weighted by Gasteiger charge is -2.43. The fourth-order valence-corrected chi connectivity index (χ4v) is 8.26. The highest BCUT2D eigenvalue weighted by Crippen LogP contribution is 2.43. The SMILES string of the molecule is C[C@@H]1[C@H](CN(C)[C@H](C)c2ccc3ccccc3c2)O[C@H](c2cccc(-c3cccc(CN4C(=O)CC(NC(=O)OCc5ccccc5)C4=O)c3)c2)O[C@@H]1c1ccc(CO)cc1. The van der Waals surface area contributed by atoms with Crippen LogP contribution in [0.25, 0.3) is 21.9 Å². The molecule has 10 nitrogen and oxygen atoms in total. The third-order valence-corrected chi connectivity index (χ3v) is 12.0. The van der Waals surface area contributed by atoms with Crippen LogP contribution in [0.5, 0.6) is 0 Å². The summed E-state index contributed by atoms with van der Waals surface area (Å²) in [6, 6.07) is 47.2. The molecular weight excluding hydrogens is 767 g/mol. The van der Waals surface area contributed by atoms with E-state index in [4.69, 9.17) is 14.2 Å². The number of fused-ring (bicyclic) bond motifs is 1. The summed E-state index contributed by atoms with van der Waals surface area (Å²) in [4.78, 5) is 42.4. The van der Waals surface area contributed by atoms with Crippen molar-refractivity contribution in [2.24, 2.45) is 5.92 Å². The first-order valence-electron chi connectivity index (χ1n) is 20.8. The van der Waals surface area contributed by atoms with Gasteiger partial charge in [-0.25, -0.2) is 4.79 Å². The summed E-state index contributed by atoms with van der Waals surface area (Å²) in [6.45, 7) is 5.16. The number of likely N-dealkylation sites (N-methyl/N-ethyl adjacent to an activating group) is 1. The van der Waals surface area contributed by atoms with Crippen molar-refractivity contribution in [3.8, 4) is 11.1 Å². The van der Waals surface area contributed by atoms with Crippen LogP contribution >= 0.6 is 0 Å². The first-order valence-corrected chi connectivity index (χ1v) is 20.8. The van der Waals surface area contributed by atoms with Gasteiger partial charge in [-0.1, -0.05) is 134 Å². The normalized spacial score (nSPS) is 20.9. The molecule has 8 rings (SSSR count). The standard InChI is InChI=1S/C51H51N3O7/c1-33-46(30-53(3)34(2)40-24-23-38-14-7-8-15-42(38)26-40)60-50(61-48(33)39-21-19-35(31-55)20-22-39)44-18-10-17-43(27-44)41-16-9-13-37(25-41)29-54-47(56)28-45(49(54)57)52-51(58)59-32-36-11-5-4-6-12-36/h4-27,33-34,45-46,48,50,55H,28-32H2,1-3H3,(H,52,58)/t33-,34-,45?,46+,48+,50+/m1/s1. The molecule has 0 aromatic heterocycles. The number of imide groups is 1. The van der Waals surface area contributed by atoms with Gasteiger partial charge < -0.3 is 24.6 Å². The number of rotatable bonds is 13. The van der Waals surface area contributed by atoms with Crippen LogP contribution in [0.4, 0.5) is 4.79 Å².